The van der Waals surface area contributed by atoms with Gasteiger partial charge in [0.15, 0.2) is 5.60 Å². The Hall–Kier alpha value is -1.68. The van der Waals surface area contributed by atoms with E-state index in [4.69, 9.17) is 4.74 Å². The number of aliphatic hydroxyl groups is 1. The van der Waals surface area contributed by atoms with Gasteiger partial charge in [-0.2, -0.15) is 0 Å². The van der Waals surface area contributed by atoms with Crippen LogP contribution in [-0.4, -0.2) is 29.1 Å². The highest BCUT2D eigenvalue weighted by atomic mass is 16.5. The number of aryl methyl sites for hydroxylation is 1. The first-order valence-corrected chi connectivity index (χ1v) is 6.41. The van der Waals surface area contributed by atoms with Gasteiger partial charge in [-0.3, -0.25) is 4.79 Å². The highest BCUT2D eigenvalue weighted by Gasteiger charge is 2.38. The second-order valence-corrected chi connectivity index (χ2v) is 4.62. The number of hydrogen-bond donors (Lipinski definition) is 1. The van der Waals surface area contributed by atoms with Crippen molar-refractivity contribution in [3.63, 3.8) is 0 Å². The molecule has 0 radical (unpaired) electrons. The minimum atomic E-state index is -1.72. The normalized spacial score (nSPS) is 13.6. The zero-order valence-electron chi connectivity index (χ0n) is 11.4. The molecule has 1 aromatic rings. The molecule has 4 nitrogen and oxygen atoms in total. The van der Waals surface area contributed by atoms with Crippen molar-refractivity contribution >= 4 is 11.8 Å². The van der Waals surface area contributed by atoms with Crippen molar-refractivity contribution in [2.75, 3.05) is 6.61 Å². The van der Waals surface area contributed by atoms with Crippen LogP contribution in [0, 0.1) is 0 Å². The number of rotatable bonds is 7. The predicted molar refractivity (Wildman–Crippen MR) is 71.6 cm³/mol. The highest BCUT2D eigenvalue weighted by Crippen LogP contribution is 2.21. The molecular weight excluding hydrogens is 244 g/mol. The Bertz CT molecular complexity index is 427. The molecule has 0 saturated heterocycles. The maximum absolute atomic E-state index is 11.8. The number of Topliss-reactive ketones (excluding diaryl/α,β-unsaturated/α-hetero) is 1. The summed E-state index contributed by atoms with van der Waals surface area (Å²) in [5, 5.41) is 10.3. The molecule has 19 heavy (non-hydrogen) atoms. The second-order valence-electron chi connectivity index (χ2n) is 4.62. The minimum absolute atomic E-state index is 0.176. The lowest BCUT2D eigenvalue weighted by Gasteiger charge is -2.24. The lowest BCUT2D eigenvalue weighted by molar-refractivity contribution is -0.168. The molecule has 0 amide bonds. The van der Waals surface area contributed by atoms with Crippen molar-refractivity contribution in [1.29, 1.82) is 0 Å². The van der Waals surface area contributed by atoms with Crippen LogP contribution in [0.4, 0.5) is 0 Å². The van der Waals surface area contributed by atoms with Crippen LogP contribution in [0.1, 0.15) is 32.3 Å². The maximum atomic E-state index is 11.8. The van der Waals surface area contributed by atoms with E-state index in [-0.39, 0.29) is 25.2 Å². The first-order valence-electron chi connectivity index (χ1n) is 6.41. The van der Waals surface area contributed by atoms with Gasteiger partial charge in [0.2, 0.25) is 0 Å². The summed E-state index contributed by atoms with van der Waals surface area (Å²) in [6.45, 7) is 3.21. The quantitative estimate of drug-likeness (QED) is 0.764. The fraction of sp³-hybridized carbons (Fsp3) is 0.467. The van der Waals surface area contributed by atoms with E-state index in [1.54, 1.807) is 6.92 Å². The van der Waals surface area contributed by atoms with Gasteiger partial charge in [0.05, 0.1) is 6.61 Å². The summed E-state index contributed by atoms with van der Waals surface area (Å²) in [6, 6.07) is 9.52. The predicted octanol–water partition coefficient (Wildman–Crippen LogP) is 1.89. The van der Waals surface area contributed by atoms with Crippen LogP contribution in [-0.2, 0) is 20.7 Å². The van der Waals surface area contributed by atoms with E-state index in [2.05, 4.69) is 0 Å². The standard InChI is InChI=1S/C15H20O4/c1-3-19-14(17)15(18,11-12(2)16)10-9-13-7-5-4-6-8-13/h4-8,18H,3,9-11H2,1-2H3/t15-/m0/s1. The van der Waals surface area contributed by atoms with Gasteiger partial charge in [-0.05, 0) is 32.3 Å². The van der Waals surface area contributed by atoms with E-state index < -0.39 is 11.6 Å². The van der Waals surface area contributed by atoms with Crippen molar-refractivity contribution in [3.05, 3.63) is 35.9 Å². The first-order chi connectivity index (χ1) is 8.98. The molecule has 0 bridgehead atoms. The SMILES string of the molecule is CCOC(=O)[C@](O)(CCc1ccccc1)CC(C)=O. The summed E-state index contributed by atoms with van der Waals surface area (Å²) >= 11 is 0. The largest absolute Gasteiger partial charge is 0.464 e. The molecular formula is C15H20O4. The summed E-state index contributed by atoms with van der Waals surface area (Å²) in [6.07, 6.45) is 0.484. The van der Waals surface area contributed by atoms with E-state index in [0.29, 0.717) is 6.42 Å². The van der Waals surface area contributed by atoms with Gasteiger partial charge < -0.3 is 9.84 Å². The fourth-order valence-electron chi connectivity index (χ4n) is 1.94. The fourth-order valence-corrected chi connectivity index (χ4v) is 1.94. The maximum Gasteiger partial charge on any atom is 0.338 e. The molecule has 1 atom stereocenters. The molecule has 0 aliphatic heterocycles. The number of ether oxygens (including phenoxy) is 1. The molecule has 0 saturated carbocycles. The molecule has 0 aliphatic carbocycles. The lowest BCUT2D eigenvalue weighted by Crippen LogP contribution is -2.42. The van der Waals surface area contributed by atoms with E-state index in [9.17, 15) is 14.7 Å². The van der Waals surface area contributed by atoms with Crippen LogP contribution in [0.3, 0.4) is 0 Å². The number of carbonyl (C=O) groups is 2. The van der Waals surface area contributed by atoms with E-state index >= 15 is 0 Å². The summed E-state index contributed by atoms with van der Waals surface area (Å²) in [7, 11) is 0. The molecule has 0 heterocycles. The third-order valence-electron chi connectivity index (χ3n) is 2.87. The summed E-state index contributed by atoms with van der Waals surface area (Å²) in [5.74, 6) is -0.954. The van der Waals surface area contributed by atoms with Crippen LogP contribution in [0.5, 0.6) is 0 Å². The van der Waals surface area contributed by atoms with E-state index in [0.717, 1.165) is 5.56 Å². The summed E-state index contributed by atoms with van der Waals surface area (Å²) in [5.41, 5.74) is -0.716. The molecule has 1 N–H and O–H groups in total. The van der Waals surface area contributed by atoms with Crippen LogP contribution >= 0.6 is 0 Å². The van der Waals surface area contributed by atoms with Crippen molar-refractivity contribution in [2.45, 2.75) is 38.7 Å². The molecule has 0 fully saturated rings. The van der Waals surface area contributed by atoms with Crippen molar-refractivity contribution in [2.24, 2.45) is 0 Å². The Balaban J connectivity index is 2.74. The number of ketones is 1. The molecule has 0 aliphatic rings. The number of carbonyl (C=O) groups excluding carboxylic acids is 2. The Labute approximate surface area is 113 Å². The first kappa shape index (κ1) is 15.4. The number of esters is 1. The summed E-state index contributed by atoms with van der Waals surface area (Å²) in [4.78, 5) is 23.0. The average Bonchev–Trinajstić information content (AvgIpc) is 2.37. The summed E-state index contributed by atoms with van der Waals surface area (Å²) < 4.78 is 4.86. The second kappa shape index (κ2) is 7.04. The zero-order chi connectivity index (χ0) is 14.3. The minimum Gasteiger partial charge on any atom is -0.464 e. The highest BCUT2D eigenvalue weighted by molar-refractivity contribution is 5.87. The van der Waals surface area contributed by atoms with E-state index in [1.165, 1.54) is 6.92 Å². The van der Waals surface area contributed by atoms with Crippen molar-refractivity contribution < 1.29 is 19.4 Å². The third kappa shape index (κ3) is 4.83. The van der Waals surface area contributed by atoms with E-state index in [1.807, 2.05) is 30.3 Å². The smallest absolute Gasteiger partial charge is 0.338 e. The van der Waals surface area contributed by atoms with Gasteiger partial charge in [-0.25, -0.2) is 4.79 Å². The van der Waals surface area contributed by atoms with Crippen LogP contribution in [0.15, 0.2) is 30.3 Å². The lowest BCUT2D eigenvalue weighted by atomic mass is 9.90. The monoisotopic (exact) mass is 264 g/mol. The Kier molecular flexibility index (Phi) is 5.70. The Morgan fingerprint density at radius 2 is 1.89 bits per heavy atom. The van der Waals surface area contributed by atoms with Crippen LogP contribution < -0.4 is 0 Å². The van der Waals surface area contributed by atoms with Crippen LogP contribution in [0.2, 0.25) is 0 Å². The van der Waals surface area contributed by atoms with Gasteiger partial charge in [-0.1, -0.05) is 30.3 Å². The Morgan fingerprint density at radius 3 is 2.42 bits per heavy atom. The third-order valence-corrected chi connectivity index (χ3v) is 2.87. The van der Waals surface area contributed by atoms with Gasteiger partial charge >= 0.3 is 5.97 Å². The van der Waals surface area contributed by atoms with Gasteiger partial charge in [0.25, 0.3) is 0 Å². The van der Waals surface area contributed by atoms with Crippen LogP contribution in [0.25, 0.3) is 0 Å². The molecule has 0 unspecified atom stereocenters. The van der Waals surface area contributed by atoms with Crippen molar-refractivity contribution in [3.8, 4) is 0 Å². The average molecular weight is 264 g/mol. The zero-order valence-corrected chi connectivity index (χ0v) is 11.4. The molecule has 104 valence electrons. The molecule has 0 spiro atoms. The van der Waals surface area contributed by atoms with Crippen molar-refractivity contribution in [1.82, 2.24) is 0 Å². The molecule has 1 rings (SSSR count). The van der Waals surface area contributed by atoms with Gasteiger partial charge in [0.1, 0.15) is 5.78 Å². The van der Waals surface area contributed by atoms with Gasteiger partial charge in [0, 0.05) is 6.42 Å². The number of benzene rings is 1. The number of hydrogen-bond acceptors (Lipinski definition) is 4. The van der Waals surface area contributed by atoms with Gasteiger partial charge in [-0.15, -0.1) is 0 Å². The molecule has 1 aromatic carbocycles. The topological polar surface area (TPSA) is 63.6 Å². The molecule has 4 heteroatoms. The molecule has 0 aromatic heterocycles. The Morgan fingerprint density at radius 1 is 1.26 bits per heavy atom.